The first-order valence-electron chi connectivity index (χ1n) is 16.4. The zero-order chi connectivity index (χ0) is 37.2. The fourth-order valence-electron chi connectivity index (χ4n) is 6.02. The predicted octanol–water partition coefficient (Wildman–Crippen LogP) is 7.69. The van der Waals surface area contributed by atoms with Crippen molar-refractivity contribution in [3.05, 3.63) is 58.8 Å². The molecular formula is C36H47F3N4O7. The number of hydrogen-bond acceptors (Lipinski definition) is 9. The highest BCUT2D eigenvalue weighted by atomic mass is 19.4. The summed E-state index contributed by atoms with van der Waals surface area (Å²) in [5.41, 5.74) is 1.58. The Bertz CT molecular complexity index is 1720. The topological polar surface area (TPSA) is 112 Å². The summed E-state index contributed by atoms with van der Waals surface area (Å²) in [6.07, 6.45) is -4.94. The first-order chi connectivity index (χ1) is 23.2. The second kappa shape index (κ2) is 14.9. The number of benzene rings is 2. The molecule has 1 fully saturated rings. The van der Waals surface area contributed by atoms with Crippen molar-refractivity contribution < 1.29 is 46.5 Å². The average Bonchev–Trinajstić information content (AvgIpc) is 3.45. The van der Waals surface area contributed by atoms with E-state index in [1.54, 1.807) is 71.9 Å². The molecule has 1 atom stereocenters. The number of methoxy groups -OCH3 is 2. The first-order valence-corrected chi connectivity index (χ1v) is 16.4. The molecule has 0 aliphatic carbocycles. The molecule has 11 nitrogen and oxygen atoms in total. The Balaban J connectivity index is 1.79. The molecule has 50 heavy (non-hydrogen) atoms. The summed E-state index contributed by atoms with van der Waals surface area (Å²) >= 11 is 0. The van der Waals surface area contributed by atoms with E-state index in [1.165, 1.54) is 17.7 Å². The van der Waals surface area contributed by atoms with Crippen LogP contribution in [0.4, 0.5) is 28.4 Å². The van der Waals surface area contributed by atoms with Crippen LogP contribution in [0.15, 0.2) is 36.5 Å². The van der Waals surface area contributed by atoms with Gasteiger partial charge in [0.15, 0.2) is 0 Å². The van der Waals surface area contributed by atoms with E-state index in [4.69, 9.17) is 18.9 Å². The van der Waals surface area contributed by atoms with Crippen LogP contribution in [-0.4, -0.2) is 90.3 Å². The number of anilines is 1. The molecule has 1 unspecified atom stereocenters. The Kier molecular flexibility index (Phi) is 11.5. The van der Waals surface area contributed by atoms with Gasteiger partial charge in [0.1, 0.15) is 17.0 Å². The molecule has 3 aromatic rings. The summed E-state index contributed by atoms with van der Waals surface area (Å²) in [6.45, 7) is 13.5. The van der Waals surface area contributed by atoms with Crippen LogP contribution < -0.4 is 10.1 Å². The van der Waals surface area contributed by atoms with Crippen molar-refractivity contribution in [2.75, 3.05) is 45.7 Å². The summed E-state index contributed by atoms with van der Waals surface area (Å²) < 4.78 is 63.1. The number of amides is 1. The Morgan fingerprint density at radius 3 is 2.22 bits per heavy atom. The normalized spacial score (nSPS) is 16.3. The maximum Gasteiger partial charge on any atom is 0.419 e. The molecule has 1 aromatic heterocycles. The van der Waals surface area contributed by atoms with E-state index >= 15 is 0 Å². The fourth-order valence-corrected chi connectivity index (χ4v) is 6.02. The van der Waals surface area contributed by atoms with Crippen molar-refractivity contribution in [3.63, 3.8) is 0 Å². The van der Waals surface area contributed by atoms with Gasteiger partial charge < -0.3 is 18.9 Å². The molecule has 1 amide bonds. The van der Waals surface area contributed by atoms with Gasteiger partial charge in [-0.15, -0.1) is 0 Å². The third kappa shape index (κ3) is 9.69. The maximum absolute atomic E-state index is 13.3. The number of carbonyl (C=O) groups is 3. The maximum atomic E-state index is 13.3. The molecule has 274 valence electrons. The molecule has 2 aromatic carbocycles. The molecule has 1 aliphatic heterocycles. The van der Waals surface area contributed by atoms with E-state index in [-0.39, 0.29) is 24.3 Å². The Morgan fingerprint density at radius 1 is 0.940 bits per heavy atom. The van der Waals surface area contributed by atoms with Gasteiger partial charge in [0.2, 0.25) is 0 Å². The molecule has 1 saturated heterocycles. The minimum atomic E-state index is -4.32. The van der Waals surface area contributed by atoms with Gasteiger partial charge in [0.05, 0.1) is 37.4 Å². The molecule has 2 heterocycles. The van der Waals surface area contributed by atoms with Crippen LogP contribution in [-0.2, 0) is 20.8 Å². The second-order valence-electron chi connectivity index (χ2n) is 14.4. The van der Waals surface area contributed by atoms with E-state index in [2.05, 4.69) is 10.2 Å². The SMILES string of the molecule is COC(=O)c1ccc(C2CN(CCC(F)(F)F)CCN2Cc2c(OC)cc(C)c3c2ccn3C(=O)OC(C)(C)C)cc1NC(=O)OC(C)(C)C. The van der Waals surface area contributed by atoms with Crippen LogP contribution >= 0.6 is 0 Å². The van der Waals surface area contributed by atoms with Crippen LogP contribution in [0.5, 0.6) is 5.75 Å². The summed E-state index contributed by atoms with van der Waals surface area (Å²) in [5.74, 6) is -0.0975. The third-order valence-corrected chi connectivity index (χ3v) is 8.16. The number of rotatable bonds is 8. The second-order valence-corrected chi connectivity index (χ2v) is 14.4. The molecule has 14 heteroatoms. The number of ether oxygens (including phenoxy) is 4. The number of nitrogens with one attached hydrogen (secondary N) is 1. The minimum Gasteiger partial charge on any atom is -0.496 e. The number of aromatic nitrogens is 1. The minimum absolute atomic E-state index is 0.0868. The van der Waals surface area contributed by atoms with Crippen molar-refractivity contribution in [1.29, 1.82) is 0 Å². The zero-order valence-corrected chi connectivity index (χ0v) is 30.1. The third-order valence-electron chi connectivity index (χ3n) is 8.16. The van der Waals surface area contributed by atoms with Gasteiger partial charge in [-0.25, -0.2) is 14.4 Å². The van der Waals surface area contributed by atoms with Crippen molar-refractivity contribution >= 4 is 34.7 Å². The number of piperazine rings is 1. The van der Waals surface area contributed by atoms with Crippen LogP contribution in [0.1, 0.15) is 81.1 Å². The Hall–Kier alpha value is -4.30. The molecule has 0 spiro atoms. The Morgan fingerprint density at radius 2 is 1.62 bits per heavy atom. The summed E-state index contributed by atoms with van der Waals surface area (Å²) in [5, 5.41) is 3.41. The quantitative estimate of drug-likeness (QED) is 0.186. The number of fused-ring (bicyclic) bond motifs is 1. The summed E-state index contributed by atoms with van der Waals surface area (Å²) in [7, 11) is 2.78. The zero-order valence-electron chi connectivity index (χ0n) is 30.1. The van der Waals surface area contributed by atoms with Crippen LogP contribution in [0.2, 0.25) is 0 Å². The van der Waals surface area contributed by atoms with Crippen LogP contribution in [0, 0.1) is 6.92 Å². The van der Waals surface area contributed by atoms with E-state index in [9.17, 15) is 27.6 Å². The number of alkyl halides is 3. The molecular weight excluding hydrogens is 657 g/mol. The standard InChI is InChI=1S/C36H47F3N4O7/c1-22-18-29(47-8)26(24-12-14-43(30(22)24)33(46)50-35(5,6)7)20-42-17-16-41(15-13-36(37,38)39)21-28(42)23-10-11-25(31(44)48-9)27(19-23)40-32(45)49-34(2,3)4/h10-12,14,18-19,28H,13,15-17,20-21H2,1-9H3,(H,40,45). The van der Waals surface area contributed by atoms with Crippen molar-refractivity contribution in [3.8, 4) is 5.75 Å². The highest BCUT2D eigenvalue weighted by molar-refractivity contribution is 6.00. The summed E-state index contributed by atoms with van der Waals surface area (Å²) in [6, 6.07) is 8.05. The number of aryl methyl sites for hydroxylation is 1. The Labute approximate surface area is 290 Å². The van der Waals surface area contributed by atoms with Gasteiger partial charge >= 0.3 is 24.3 Å². The smallest absolute Gasteiger partial charge is 0.419 e. The molecule has 0 bridgehead atoms. The van der Waals surface area contributed by atoms with E-state index in [0.29, 0.717) is 36.5 Å². The lowest BCUT2D eigenvalue weighted by molar-refractivity contribution is -0.139. The number of nitrogens with zero attached hydrogens (tertiary/aromatic N) is 3. The van der Waals surface area contributed by atoms with Crippen molar-refractivity contribution in [2.24, 2.45) is 0 Å². The molecule has 1 aliphatic rings. The van der Waals surface area contributed by atoms with E-state index in [0.717, 1.165) is 16.5 Å². The monoisotopic (exact) mass is 704 g/mol. The predicted molar refractivity (Wildman–Crippen MR) is 183 cm³/mol. The summed E-state index contributed by atoms with van der Waals surface area (Å²) in [4.78, 5) is 42.5. The number of esters is 1. The van der Waals surface area contributed by atoms with Crippen LogP contribution in [0.25, 0.3) is 10.9 Å². The van der Waals surface area contributed by atoms with E-state index in [1.807, 2.05) is 19.1 Å². The highest BCUT2D eigenvalue weighted by Gasteiger charge is 2.34. The van der Waals surface area contributed by atoms with Gasteiger partial charge in [-0.05, 0) is 83.9 Å². The van der Waals surface area contributed by atoms with Gasteiger partial charge in [0, 0.05) is 55.9 Å². The van der Waals surface area contributed by atoms with Gasteiger partial charge in [-0.3, -0.25) is 19.7 Å². The molecule has 0 radical (unpaired) electrons. The lowest BCUT2D eigenvalue weighted by Crippen LogP contribution is -2.48. The molecule has 4 rings (SSSR count). The van der Waals surface area contributed by atoms with E-state index < -0.39 is 48.0 Å². The molecule has 1 N–H and O–H groups in total. The van der Waals surface area contributed by atoms with Gasteiger partial charge in [-0.1, -0.05) is 6.07 Å². The highest BCUT2D eigenvalue weighted by Crippen LogP contribution is 2.37. The van der Waals surface area contributed by atoms with Crippen molar-refractivity contribution in [1.82, 2.24) is 14.4 Å². The van der Waals surface area contributed by atoms with Gasteiger partial charge in [0.25, 0.3) is 0 Å². The number of halogens is 3. The molecule has 0 saturated carbocycles. The lowest BCUT2D eigenvalue weighted by Gasteiger charge is -2.42. The number of carbonyl (C=O) groups excluding carboxylic acids is 3. The first kappa shape index (κ1) is 38.5. The van der Waals surface area contributed by atoms with Crippen molar-refractivity contribution in [2.45, 2.75) is 84.9 Å². The van der Waals surface area contributed by atoms with Crippen LogP contribution in [0.3, 0.4) is 0 Å². The lowest BCUT2D eigenvalue weighted by atomic mass is 9.97. The largest absolute Gasteiger partial charge is 0.496 e. The van der Waals surface area contributed by atoms with Gasteiger partial charge in [-0.2, -0.15) is 13.2 Å². The number of hydrogen-bond donors (Lipinski definition) is 1. The average molecular weight is 705 g/mol. The fraction of sp³-hybridized carbons (Fsp3) is 0.528.